The Bertz CT molecular complexity index is 2810. The van der Waals surface area contributed by atoms with Gasteiger partial charge in [-0.3, -0.25) is 24.7 Å². The number of likely N-dealkylation sites (N-methyl/N-ethyl adjacent to an activating group) is 1. The molecule has 2 saturated heterocycles. The minimum atomic E-state index is -1.49. The van der Waals surface area contributed by atoms with E-state index in [-0.39, 0.29) is 61.5 Å². The molecule has 0 amide bonds. The van der Waals surface area contributed by atoms with E-state index in [1.54, 1.807) is 40.0 Å². The van der Waals surface area contributed by atoms with E-state index in [2.05, 4.69) is 41.1 Å². The molecule has 7 atom stereocenters. The van der Waals surface area contributed by atoms with Gasteiger partial charge >= 0.3 is 24.1 Å². The molecular weight excluding hydrogens is 1000 g/mol. The average molecular weight is 1080 g/mol. The van der Waals surface area contributed by atoms with E-state index in [1.165, 1.54) is 18.9 Å². The number of benzene rings is 3. The van der Waals surface area contributed by atoms with Crippen LogP contribution in [0.2, 0.25) is 0 Å². The van der Waals surface area contributed by atoms with Crippen molar-refractivity contribution in [2.75, 3.05) is 47.0 Å². The van der Waals surface area contributed by atoms with E-state index in [0.717, 1.165) is 73.6 Å². The van der Waals surface area contributed by atoms with E-state index in [0.29, 0.717) is 83.2 Å². The molecule has 0 aliphatic carbocycles. The first kappa shape index (κ1) is 56.0. The number of hydrogen-bond acceptors (Lipinski definition) is 18. The maximum Gasteiger partial charge on any atom is 0.514 e. The number of esters is 3. The molecule has 18 heteroatoms. The van der Waals surface area contributed by atoms with Crippen molar-refractivity contribution in [1.29, 1.82) is 5.26 Å². The van der Waals surface area contributed by atoms with Crippen LogP contribution in [0.15, 0.2) is 18.2 Å². The fourth-order valence-corrected chi connectivity index (χ4v) is 14.3. The Hall–Kier alpha value is -5.74. The van der Waals surface area contributed by atoms with E-state index < -0.39 is 52.7 Å². The molecule has 7 aliphatic heterocycles. The lowest BCUT2D eigenvalue weighted by atomic mass is 9.71. The van der Waals surface area contributed by atoms with Crippen LogP contribution in [0.1, 0.15) is 174 Å². The van der Waals surface area contributed by atoms with Crippen molar-refractivity contribution >= 4 is 35.8 Å². The summed E-state index contributed by atoms with van der Waals surface area (Å²) in [6, 6.07) is 5.15. The zero-order valence-corrected chi connectivity index (χ0v) is 47.3. The number of rotatable bonds is 17. The third kappa shape index (κ3) is 10.7. The van der Waals surface area contributed by atoms with Crippen LogP contribution in [0.4, 0.5) is 4.79 Å². The summed E-state index contributed by atoms with van der Waals surface area (Å²) < 4.78 is 55.9. The summed E-state index contributed by atoms with van der Waals surface area (Å²) in [4.78, 5) is 61.3. The van der Waals surface area contributed by atoms with E-state index in [4.69, 9.17) is 42.6 Å². The molecule has 3 aromatic carbocycles. The van der Waals surface area contributed by atoms with Gasteiger partial charge in [-0.2, -0.15) is 5.26 Å². The van der Waals surface area contributed by atoms with Gasteiger partial charge in [0.2, 0.25) is 6.79 Å². The Kier molecular flexibility index (Phi) is 16.9. The first-order valence-electron chi connectivity index (χ1n) is 27.6. The third-order valence-corrected chi connectivity index (χ3v) is 17.6. The molecule has 7 aliphatic rings. The quantitative estimate of drug-likeness (QED) is 0.0580. The van der Waals surface area contributed by atoms with Crippen LogP contribution in [-0.2, 0) is 42.2 Å². The van der Waals surface area contributed by atoms with Crippen LogP contribution >= 0.6 is 11.8 Å². The number of aryl methyl sites for hydroxylation is 1. The fraction of sp³-hybridized carbons (Fsp3) is 0.610. The number of methoxy groups -OCH3 is 2. The number of carbonyl (C=O) groups is 4. The molecule has 1 N–H and O–H groups in total. The highest BCUT2D eigenvalue weighted by molar-refractivity contribution is 7.99. The number of ether oxygens (including phenoxy) is 9. The number of unbranched alkanes of at least 4 members (excludes halogenated alkanes) is 8. The van der Waals surface area contributed by atoms with Crippen LogP contribution in [0.25, 0.3) is 0 Å². The SMILES string of the molecule is CCCCCCCC(=O)Oc1c(C)c2c(c3c1[C@H]1SC[C@]4(NCCc5cc(OC(=O)OC(C)(C)C)c(OC)cc54)C(=O)OC[C@@H]3N3C1[C@H]1c4c(cc(C)c(OC)c4OC(=O)CCCCCCC)C[C@@H]([C@@H]3C#N)N1C)OCO2. The van der Waals surface area contributed by atoms with Crippen molar-refractivity contribution in [3.05, 3.63) is 62.7 Å². The summed E-state index contributed by atoms with van der Waals surface area (Å²) in [5.41, 5.74) is 3.46. The number of nitriles is 1. The van der Waals surface area contributed by atoms with Gasteiger partial charge < -0.3 is 42.6 Å². The van der Waals surface area contributed by atoms with Crippen molar-refractivity contribution in [2.24, 2.45) is 0 Å². The smallest absolute Gasteiger partial charge is 0.493 e. The van der Waals surface area contributed by atoms with Crippen molar-refractivity contribution < 1.29 is 61.8 Å². The van der Waals surface area contributed by atoms with Crippen molar-refractivity contribution in [3.8, 4) is 46.3 Å². The summed E-state index contributed by atoms with van der Waals surface area (Å²) in [7, 11) is 5.08. The average Bonchev–Trinajstić information content (AvgIpc) is 4.07. The predicted molar refractivity (Wildman–Crippen MR) is 288 cm³/mol. The second-order valence-corrected chi connectivity index (χ2v) is 23.4. The first-order chi connectivity index (χ1) is 37.0. The molecule has 0 radical (unpaired) electrons. The minimum Gasteiger partial charge on any atom is -0.493 e. The number of hydrogen-bond donors (Lipinski definition) is 1. The number of fused-ring (bicyclic) bond motifs is 9. The van der Waals surface area contributed by atoms with E-state index in [1.807, 2.05) is 20.9 Å². The van der Waals surface area contributed by atoms with Gasteiger partial charge in [0.05, 0.1) is 37.6 Å². The normalized spacial score (nSPS) is 24.1. The van der Waals surface area contributed by atoms with Gasteiger partial charge in [-0.05, 0) is 102 Å². The van der Waals surface area contributed by atoms with Gasteiger partial charge in [-0.15, -0.1) is 11.8 Å². The van der Waals surface area contributed by atoms with Gasteiger partial charge in [0.1, 0.15) is 24.0 Å². The minimum absolute atomic E-state index is 0.0761. The molecular formula is C59H76N4O13S. The fourth-order valence-electron chi connectivity index (χ4n) is 12.6. The predicted octanol–water partition coefficient (Wildman–Crippen LogP) is 10.5. The van der Waals surface area contributed by atoms with Crippen LogP contribution in [0.3, 0.4) is 0 Å². The number of piperazine rings is 1. The highest BCUT2D eigenvalue weighted by Crippen LogP contribution is 2.65. The molecule has 1 spiro atoms. The second kappa shape index (κ2) is 23.3. The van der Waals surface area contributed by atoms with Crippen LogP contribution in [-0.4, -0.2) is 105 Å². The zero-order chi connectivity index (χ0) is 54.9. The summed E-state index contributed by atoms with van der Waals surface area (Å²) in [6.45, 7) is 13.4. The Morgan fingerprint density at radius 2 is 1.49 bits per heavy atom. The molecule has 7 heterocycles. The van der Waals surface area contributed by atoms with Crippen LogP contribution < -0.4 is 38.5 Å². The molecule has 0 aromatic heterocycles. The summed E-state index contributed by atoms with van der Waals surface area (Å²) in [5, 5.41) is 14.5. The molecule has 4 bridgehead atoms. The molecule has 10 rings (SSSR count). The van der Waals surface area contributed by atoms with Gasteiger partial charge in [0, 0.05) is 59.5 Å². The maximum atomic E-state index is 15.4. The molecule has 0 saturated carbocycles. The molecule has 3 aromatic rings. The highest BCUT2D eigenvalue weighted by atomic mass is 32.2. The summed E-state index contributed by atoms with van der Waals surface area (Å²) in [5.74, 6) is 1.17. The molecule has 416 valence electrons. The summed E-state index contributed by atoms with van der Waals surface area (Å²) in [6.07, 6.45) is 10.0. The Morgan fingerprint density at radius 3 is 2.14 bits per heavy atom. The standard InChI is InChI=1S/C59H76N4O13S/c1-11-13-15-17-19-21-43(64)74-51-34(4)52-53(72-32-71-52)46-40-30-70-56(66)59(37-28-41(68-9)42(27-35(37)23-24-61-59)73-57(67)76-58(5,6)7)31-77-55(47(46)51)49-48-45-36(26-38(62(48)8)39(29-60)63(40)49)25-33(3)50(69-10)54(45)75-44(65)22-20-18-16-14-12-2/h25,27-28,38-40,48-49,55,61H,11-24,26,30-32H2,1-10H3/t38-,39-,40-,48+,49?,55+,59+/m0/s1. The monoisotopic (exact) mass is 1080 g/mol. The van der Waals surface area contributed by atoms with Crippen LogP contribution in [0, 0.1) is 25.2 Å². The first-order valence-corrected chi connectivity index (χ1v) is 28.7. The van der Waals surface area contributed by atoms with Gasteiger partial charge in [-0.25, -0.2) is 9.59 Å². The topological polar surface area (TPSA) is 194 Å². The van der Waals surface area contributed by atoms with Gasteiger partial charge in [-0.1, -0.05) is 71.3 Å². The highest BCUT2D eigenvalue weighted by Gasteiger charge is 2.62. The molecule has 2 fully saturated rings. The Balaban J connectivity index is 1.24. The van der Waals surface area contributed by atoms with Crippen molar-refractivity contribution in [1.82, 2.24) is 15.1 Å². The van der Waals surface area contributed by atoms with Crippen LogP contribution in [0.5, 0.6) is 40.2 Å². The van der Waals surface area contributed by atoms with Gasteiger partial charge in [0.15, 0.2) is 40.0 Å². The van der Waals surface area contributed by atoms with E-state index >= 15 is 4.79 Å². The molecule has 1 unspecified atom stereocenters. The number of nitrogens with zero attached hydrogens (tertiary/aromatic N) is 3. The van der Waals surface area contributed by atoms with Crippen molar-refractivity contribution in [3.63, 3.8) is 0 Å². The number of nitrogens with one attached hydrogen (secondary N) is 1. The van der Waals surface area contributed by atoms with Gasteiger partial charge in [0.25, 0.3) is 0 Å². The summed E-state index contributed by atoms with van der Waals surface area (Å²) >= 11 is 1.49. The molecule has 17 nitrogen and oxygen atoms in total. The third-order valence-electron chi connectivity index (χ3n) is 16.1. The Morgan fingerprint density at radius 1 is 0.818 bits per heavy atom. The lowest BCUT2D eigenvalue weighted by Gasteiger charge is -2.62. The lowest BCUT2D eigenvalue weighted by molar-refractivity contribution is -0.157. The Labute approximate surface area is 457 Å². The van der Waals surface area contributed by atoms with Crippen molar-refractivity contribution in [2.45, 2.75) is 185 Å². The van der Waals surface area contributed by atoms with E-state index in [9.17, 15) is 19.6 Å². The lowest BCUT2D eigenvalue weighted by Crippen LogP contribution is -2.69. The maximum absolute atomic E-state index is 15.4. The molecule has 77 heavy (non-hydrogen) atoms. The largest absolute Gasteiger partial charge is 0.514 e. The second-order valence-electron chi connectivity index (χ2n) is 22.3. The zero-order valence-electron chi connectivity index (χ0n) is 46.5. The number of thioether (sulfide) groups is 1. The number of carbonyl (C=O) groups excluding carboxylic acids is 4.